The molecule has 0 spiro atoms. The second-order valence-electron chi connectivity index (χ2n) is 4.53. The van der Waals surface area contributed by atoms with Crippen LogP contribution >= 0.6 is 0 Å². The van der Waals surface area contributed by atoms with Gasteiger partial charge in [0, 0.05) is 26.1 Å². The van der Waals surface area contributed by atoms with Gasteiger partial charge in [-0.05, 0) is 12.1 Å². The number of nitrogens with zero attached hydrogens (tertiary/aromatic N) is 1. The molecule has 2 atom stereocenters. The fraction of sp³-hybridized carbons (Fsp3) is 0.385. The predicted molar refractivity (Wildman–Crippen MR) is 64.2 cm³/mol. The first-order valence-corrected chi connectivity index (χ1v) is 5.95. The Labute approximate surface area is 113 Å². The van der Waals surface area contributed by atoms with Crippen LogP contribution in [0.3, 0.4) is 0 Å². The van der Waals surface area contributed by atoms with E-state index in [1.807, 2.05) is 0 Å². The van der Waals surface area contributed by atoms with Gasteiger partial charge in [0.1, 0.15) is 17.7 Å². The van der Waals surface area contributed by atoms with Crippen molar-refractivity contribution in [2.24, 2.45) is 0 Å². The Morgan fingerprint density at radius 3 is 2.65 bits per heavy atom. The van der Waals surface area contributed by atoms with Crippen LogP contribution in [0.25, 0.3) is 0 Å². The van der Waals surface area contributed by atoms with E-state index in [0.29, 0.717) is 6.07 Å². The molecule has 1 aliphatic heterocycles. The zero-order chi connectivity index (χ0) is 14.9. The highest BCUT2D eigenvalue weighted by atomic mass is 19.1. The minimum absolute atomic E-state index is 0.0586. The quantitative estimate of drug-likeness (QED) is 0.908. The SMILES string of the molecule is COC1CC(C(=O)O)N(C(=O)c2ccc(F)cc2F)C1. The Morgan fingerprint density at radius 1 is 1.40 bits per heavy atom. The first kappa shape index (κ1) is 14.4. The molecule has 20 heavy (non-hydrogen) atoms. The lowest BCUT2D eigenvalue weighted by atomic mass is 10.1. The molecule has 0 saturated carbocycles. The Kier molecular flexibility index (Phi) is 3.99. The number of rotatable bonds is 3. The standard InChI is InChI=1S/C13H13F2NO4/c1-20-8-5-11(13(18)19)16(6-8)12(17)9-3-2-7(14)4-10(9)15/h2-4,8,11H,5-6H2,1H3,(H,18,19). The molecule has 1 N–H and O–H groups in total. The van der Waals surface area contributed by atoms with Gasteiger partial charge in [-0.3, -0.25) is 4.79 Å². The van der Waals surface area contributed by atoms with Gasteiger partial charge in [0.2, 0.25) is 0 Å². The molecule has 1 aromatic rings. The number of carboxylic acids is 1. The highest BCUT2D eigenvalue weighted by molar-refractivity contribution is 5.97. The molecule has 2 rings (SSSR count). The summed E-state index contributed by atoms with van der Waals surface area (Å²) in [5, 5.41) is 9.10. The van der Waals surface area contributed by atoms with Crippen molar-refractivity contribution in [1.29, 1.82) is 0 Å². The number of methoxy groups -OCH3 is 1. The van der Waals surface area contributed by atoms with Crippen molar-refractivity contribution in [3.63, 3.8) is 0 Å². The number of hydrogen-bond donors (Lipinski definition) is 1. The van der Waals surface area contributed by atoms with Gasteiger partial charge < -0.3 is 14.7 Å². The highest BCUT2D eigenvalue weighted by Crippen LogP contribution is 2.23. The second kappa shape index (κ2) is 5.54. The molecular formula is C13H13F2NO4. The summed E-state index contributed by atoms with van der Waals surface area (Å²) in [4.78, 5) is 24.4. The smallest absolute Gasteiger partial charge is 0.326 e. The summed E-state index contributed by atoms with van der Waals surface area (Å²) < 4.78 is 31.5. The van der Waals surface area contributed by atoms with Crippen LogP contribution in [0.4, 0.5) is 8.78 Å². The maximum atomic E-state index is 13.6. The lowest BCUT2D eigenvalue weighted by Gasteiger charge is -2.21. The topological polar surface area (TPSA) is 66.8 Å². The average molecular weight is 285 g/mol. The van der Waals surface area contributed by atoms with Gasteiger partial charge in [0.05, 0.1) is 11.7 Å². The van der Waals surface area contributed by atoms with Crippen LogP contribution in [0.2, 0.25) is 0 Å². The number of likely N-dealkylation sites (tertiary alicyclic amines) is 1. The Morgan fingerprint density at radius 2 is 2.10 bits per heavy atom. The summed E-state index contributed by atoms with van der Waals surface area (Å²) in [6.45, 7) is 0.0586. The number of amides is 1. The summed E-state index contributed by atoms with van der Waals surface area (Å²) in [7, 11) is 1.41. The van der Waals surface area contributed by atoms with E-state index >= 15 is 0 Å². The molecule has 0 aliphatic carbocycles. The number of aliphatic carboxylic acids is 1. The zero-order valence-corrected chi connectivity index (χ0v) is 10.7. The average Bonchev–Trinajstić information content (AvgIpc) is 2.82. The first-order valence-electron chi connectivity index (χ1n) is 5.95. The third-order valence-corrected chi connectivity index (χ3v) is 3.30. The normalized spacial score (nSPS) is 22.1. The molecule has 108 valence electrons. The van der Waals surface area contributed by atoms with Crippen LogP contribution in [0.1, 0.15) is 16.8 Å². The number of carboxylic acid groups (broad SMARTS) is 1. The molecule has 1 fully saturated rings. The number of halogens is 2. The number of benzene rings is 1. The molecule has 1 aliphatic rings. The summed E-state index contributed by atoms with van der Waals surface area (Å²) >= 11 is 0. The van der Waals surface area contributed by atoms with Crippen molar-refractivity contribution in [2.45, 2.75) is 18.6 Å². The highest BCUT2D eigenvalue weighted by Gasteiger charge is 2.40. The first-order chi connectivity index (χ1) is 9.43. The van der Waals surface area contributed by atoms with Crippen LogP contribution in [0.15, 0.2) is 18.2 Å². The van der Waals surface area contributed by atoms with E-state index in [0.717, 1.165) is 17.0 Å². The fourth-order valence-corrected chi connectivity index (χ4v) is 2.24. The molecule has 0 aromatic heterocycles. The molecule has 5 nitrogen and oxygen atoms in total. The van der Waals surface area contributed by atoms with Gasteiger partial charge >= 0.3 is 5.97 Å². The van der Waals surface area contributed by atoms with Crippen molar-refractivity contribution in [3.8, 4) is 0 Å². The molecule has 1 aromatic carbocycles. The van der Waals surface area contributed by atoms with E-state index < -0.39 is 35.7 Å². The van der Waals surface area contributed by atoms with Crippen LogP contribution in [0.5, 0.6) is 0 Å². The van der Waals surface area contributed by atoms with E-state index in [-0.39, 0.29) is 18.5 Å². The Bertz CT molecular complexity index is 549. The molecular weight excluding hydrogens is 272 g/mol. The Balaban J connectivity index is 2.29. The van der Waals surface area contributed by atoms with Crippen molar-refractivity contribution in [3.05, 3.63) is 35.4 Å². The van der Waals surface area contributed by atoms with Gasteiger partial charge in [0.25, 0.3) is 5.91 Å². The van der Waals surface area contributed by atoms with Gasteiger partial charge in [-0.2, -0.15) is 0 Å². The fourth-order valence-electron chi connectivity index (χ4n) is 2.24. The summed E-state index contributed by atoms with van der Waals surface area (Å²) in [5.41, 5.74) is -0.352. The minimum Gasteiger partial charge on any atom is -0.480 e. The van der Waals surface area contributed by atoms with Crippen LogP contribution in [-0.2, 0) is 9.53 Å². The summed E-state index contributed by atoms with van der Waals surface area (Å²) in [6, 6.07) is 1.48. The van der Waals surface area contributed by atoms with Crippen LogP contribution < -0.4 is 0 Å². The molecule has 2 unspecified atom stereocenters. The lowest BCUT2D eigenvalue weighted by molar-refractivity contribution is -0.141. The summed E-state index contributed by atoms with van der Waals surface area (Å²) in [6.07, 6.45) is -0.274. The molecule has 0 radical (unpaired) electrons. The second-order valence-corrected chi connectivity index (χ2v) is 4.53. The monoisotopic (exact) mass is 285 g/mol. The third kappa shape index (κ3) is 2.62. The van der Waals surface area contributed by atoms with E-state index in [1.54, 1.807) is 0 Å². The van der Waals surface area contributed by atoms with Gasteiger partial charge in [0.15, 0.2) is 0 Å². The summed E-state index contributed by atoms with van der Waals surface area (Å²) in [5.74, 6) is -3.78. The van der Waals surface area contributed by atoms with Gasteiger partial charge in [-0.25, -0.2) is 13.6 Å². The van der Waals surface area contributed by atoms with E-state index in [9.17, 15) is 18.4 Å². The van der Waals surface area contributed by atoms with Gasteiger partial charge in [-0.15, -0.1) is 0 Å². The number of hydrogen-bond acceptors (Lipinski definition) is 3. The zero-order valence-electron chi connectivity index (χ0n) is 10.7. The van der Waals surface area contributed by atoms with Gasteiger partial charge in [-0.1, -0.05) is 0 Å². The van der Waals surface area contributed by atoms with E-state index in [1.165, 1.54) is 7.11 Å². The largest absolute Gasteiger partial charge is 0.480 e. The minimum atomic E-state index is -1.18. The molecule has 0 bridgehead atoms. The molecule has 7 heteroatoms. The number of carbonyl (C=O) groups excluding carboxylic acids is 1. The van der Waals surface area contributed by atoms with Crippen molar-refractivity contribution in [2.75, 3.05) is 13.7 Å². The van der Waals surface area contributed by atoms with Crippen molar-refractivity contribution >= 4 is 11.9 Å². The Hall–Kier alpha value is -2.02. The molecule has 1 heterocycles. The van der Waals surface area contributed by atoms with E-state index in [2.05, 4.69) is 0 Å². The van der Waals surface area contributed by atoms with Crippen LogP contribution in [0, 0.1) is 11.6 Å². The van der Waals surface area contributed by atoms with Crippen LogP contribution in [-0.4, -0.2) is 47.7 Å². The number of carbonyl (C=O) groups is 2. The molecule has 1 amide bonds. The maximum Gasteiger partial charge on any atom is 0.326 e. The predicted octanol–water partition coefficient (Wildman–Crippen LogP) is 1.28. The van der Waals surface area contributed by atoms with Crippen molar-refractivity contribution < 1.29 is 28.2 Å². The van der Waals surface area contributed by atoms with Crippen molar-refractivity contribution in [1.82, 2.24) is 4.90 Å². The lowest BCUT2D eigenvalue weighted by Crippen LogP contribution is -2.41. The number of ether oxygens (including phenoxy) is 1. The molecule has 1 saturated heterocycles. The third-order valence-electron chi connectivity index (χ3n) is 3.30. The maximum absolute atomic E-state index is 13.6. The van der Waals surface area contributed by atoms with E-state index in [4.69, 9.17) is 9.84 Å².